The van der Waals surface area contributed by atoms with Crippen LogP contribution in [-0.2, 0) is 0 Å². The average Bonchev–Trinajstić information content (AvgIpc) is 3.09. The van der Waals surface area contributed by atoms with Gasteiger partial charge in [0.05, 0.1) is 16.9 Å². The second kappa shape index (κ2) is 6.02. The fourth-order valence-corrected chi connectivity index (χ4v) is 2.64. The SMILES string of the molecule is Clc1cc(N=Cc2ccc(N3CCCC3)o2)ccc1Br. The first kappa shape index (κ1) is 13.7. The standard InChI is InChI=1S/C15H14BrClN2O/c16-13-5-3-11(9-14(13)17)18-10-12-4-6-15(20-12)19-7-1-2-8-19/h3-6,9-10H,1-2,7-8H2. The van der Waals surface area contributed by atoms with Gasteiger partial charge in [0.25, 0.3) is 0 Å². The Morgan fingerprint density at radius 1 is 1.20 bits per heavy atom. The van der Waals surface area contributed by atoms with Crippen molar-refractivity contribution in [1.29, 1.82) is 0 Å². The van der Waals surface area contributed by atoms with Crippen molar-refractivity contribution < 1.29 is 4.42 Å². The molecule has 0 aliphatic carbocycles. The molecule has 1 saturated heterocycles. The first-order valence-corrected chi connectivity index (χ1v) is 7.73. The third-order valence-electron chi connectivity index (χ3n) is 3.27. The minimum absolute atomic E-state index is 0.650. The summed E-state index contributed by atoms with van der Waals surface area (Å²) in [6, 6.07) is 9.54. The fourth-order valence-electron chi connectivity index (χ4n) is 2.22. The molecule has 2 aromatic rings. The lowest BCUT2D eigenvalue weighted by Crippen LogP contribution is -2.16. The Hall–Kier alpha value is -1.26. The lowest BCUT2D eigenvalue weighted by Gasteiger charge is -2.12. The number of hydrogen-bond donors (Lipinski definition) is 0. The van der Waals surface area contributed by atoms with Gasteiger partial charge in [0.2, 0.25) is 0 Å². The van der Waals surface area contributed by atoms with Crippen LogP contribution in [0.4, 0.5) is 11.6 Å². The van der Waals surface area contributed by atoms with Crippen LogP contribution in [0.1, 0.15) is 18.6 Å². The minimum atomic E-state index is 0.650. The van der Waals surface area contributed by atoms with E-state index in [9.17, 15) is 0 Å². The van der Waals surface area contributed by atoms with Crippen LogP contribution in [0, 0.1) is 0 Å². The molecule has 1 aromatic carbocycles. The summed E-state index contributed by atoms with van der Waals surface area (Å²) in [5.41, 5.74) is 0.803. The van der Waals surface area contributed by atoms with E-state index in [2.05, 4.69) is 25.8 Å². The normalized spacial score (nSPS) is 15.4. The molecule has 0 spiro atoms. The number of aliphatic imine (C=N–C) groups is 1. The van der Waals surface area contributed by atoms with Crippen molar-refractivity contribution in [2.75, 3.05) is 18.0 Å². The van der Waals surface area contributed by atoms with Crippen molar-refractivity contribution in [3.8, 4) is 0 Å². The summed E-state index contributed by atoms with van der Waals surface area (Å²) in [4.78, 5) is 6.63. The van der Waals surface area contributed by atoms with Gasteiger partial charge >= 0.3 is 0 Å². The second-order valence-electron chi connectivity index (χ2n) is 4.73. The van der Waals surface area contributed by atoms with Crippen LogP contribution in [0.25, 0.3) is 0 Å². The van der Waals surface area contributed by atoms with Crippen LogP contribution < -0.4 is 4.90 Å². The monoisotopic (exact) mass is 352 g/mol. The Balaban J connectivity index is 1.73. The zero-order valence-corrected chi connectivity index (χ0v) is 13.2. The van der Waals surface area contributed by atoms with Gasteiger partial charge in [-0.05, 0) is 53.0 Å². The highest BCUT2D eigenvalue weighted by Crippen LogP contribution is 2.27. The third kappa shape index (κ3) is 3.07. The largest absolute Gasteiger partial charge is 0.440 e. The molecule has 0 atom stereocenters. The number of nitrogens with zero attached hydrogens (tertiary/aromatic N) is 2. The van der Waals surface area contributed by atoms with Gasteiger partial charge in [-0.15, -0.1) is 0 Å². The van der Waals surface area contributed by atoms with E-state index in [1.54, 1.807) is 6.21 Å². The summed E-state index contributed by atoms with van der Waals surface area (Å²) in [6.07, 6.45) is 4.20. The van der Waals surface area contributed by atoms with E-state index in [0.717, 1.165) is 34.9 Å². The predicted octanol–water partition coefficient (Wildman–Crippen LogP) is 5.05. The van der Waals surface area contributed by atoms with Crippen LogP contribution in [0.15, 0.2) is 44.2 Å². The Kier molecular flexibility index (Phi) is 4.13. The zero-order valence-electron chi connectivity index (χ0n) is 10.9. The lowest BCUT2D eigenvalue weighted by molar-refractivity contribution is 0.550. The molecule has 0 N–H and O–H groups in total. The smallest absolute Gasteiger partial charge is 0.196 e. The summed E-state index contributed by atoms with van der Waals surface area (Å²) in [7, 11) is 0. The highest BCUT2D eigenvalue weighted by atomic mass is 79.9. The molecule has 20 heavy (non-hydrogen) atoms. The highest BCUT2D eigenvalue weighted by Gasteiger charge is 2.14. The van der Waals surface area contributed by atoms with Crippen molar-refractivity contribution in [3.63, 3.8) is 0 Å². The summed E-state index contributed by atoms with van der Waals surface area (Å²) in [5, 5.41) is 0.650. The van der Waals surface area contributed by atoms with Crippen LogP contribution >= 0.6 is 27.5 Å². The molecular formula is C15H14BrClN2O. The van der Waals surface area contributed by atoms with Crippen molar-refractivity contribution in [2.24, 2.45) is 4.99 Å². The van der Waals surface area contributed by atoms with E-state index >= 15 is 0 Å². The van der Waals surface area contributed by atoms with E-state index in [4.69, 9.17) is 16.0 Å². The van der Waals surface area contributed by atoms with Gasteiger partial charge in [0.15, 0.2) is 5.88 Å². The molecule has 0 radical (unpaired) electrons. The molecule has 1 aromatic heterocycles. The van der Waals surface area contributed by atoms with Gasteiger partial charge in [0.1, 0.15) is 5.76 Å². The predicted molar refractivity (Wildman–Crippen MR) is 86.6 cm³/mol. The van der Waals surface area contributed by atoms with Crippen molar-refractivity contribution in [2.45, 2.75) is 12.8 Å². The molecule has 0 unspecified atom stereocenters. The second-order valence-corrected chi connectivity index (χ2v) is 5.99. The molecule has 3 rings (SSSR count). The van der Waals surface area contributed by atoms with Crippen LogP contribution in [0.5, 0.6) is 0 Å². The number of rotatable bonds is 3. The number of furan rings is 1. The van der Waals surface area contributed by atoms with Crippen LogP contribution in [0.3, 0.4) is 0 Å². The molecule has 1 aliphatic heterocycles. The first-order chi connectivity index (χ1) is 9.72. The molecule has 0 bridgehead atoms. The number of anilines is 1. The minimum Gasteiger partial charge on any atom is -0.440 e. The fraction of sp³-hybridized carbons (Fsp3) is 0.267. The van der Waals surface area contributed by atoms with Gasteiger partial charge in [-0.1, -0.05) is 11.6 Å². The van der Waals surface area contributed by atoms with Gasteiger partial charge in [-0.3, -0.25) is 4.99 Å². The number of benzene rings is 1. The molecule has 1 fully saturated rings. The van der Waals surface area contributed by atoms with Gasteiger partial charge < -0.3 is 9.32 Å². The summed E-state index contributed by atoms with van der Waals surface area (Å²) >= 11 is 9.39. The molecule has 2 heterocycles. The van der Waals surface area contributed by atoms with Crippen molar-refractivity contribution in [3.05, 3.63) is 45.6 Å². The van der Waals surface area contributed by atoms with Crippen molar-refractivity contribution >= 4 is 45.3 Å². The van der Waals surface area contributed by atoms with E-state index in [-0.39, 0.29) is 0 Å². The van der Waals surface area contributed by atoms with Gasteiger partial charge in [-0.25, -0.2) is 0 Å². The van der Waals surface area contributed by atoms with Crippen LogP contribution in [0.2, 0.25) is 5.02 Å². The molecule has 5 heteroatoms. The van der Waals surface area contributed by atoms with Gasteiger partial charge in [0, 0.05) is 23.6 Å². The van der Waals surface area contributed by atoms with E-state index in [1.165, 1.54) is 12.8 Å². The first-order valence-electron chi connectivity index (χ1n) is 6.56. The Morgan fingerprint density at radius 2 is 2.00 bits per heavy atom. The maximum Gasteiger partial charge on any atom is 0.196 e. The molecule has 0 amide bonds. The molecular weight excluding hydrogens is 340 g/mol. The molecule has 0 saturated carbocycles. The molecule has 1 aliphatic rings. The number of hydrogen-bond acceptors (Lipinski definition) is 3. The zero-order chi connectivity index (χ0) is 13.9. The van der Waals surface area contributed by atoms with E-state index < -0.39 is 0 Å². The highest BCUT2D eigenvalue weighted by molar-refractivity contribution is 9.10. The summed E-state index contributed by atoms with van der Waals surface area (Å²) in [5.74, 6) is 1.68. The quantitative estimate of drug-likeness (QED) is 0.723. The molecule has 3 nitrogen and oxygen atoms in total. The maximum absolute atomic E-state index is 6.03. The number of halogens is 2. The maximum atomic E-state index is 6.03. The van der Waals surface area contributed by atoms with E-state index in [1.807, 2.05) is 30.3 Å². The lowest BCUT2D eigenvalue weighted by atomic mass is 10.3. The molecule has 104 valence electrons. The third-order valence-corrected chi connectivity index (χ3v) is 4.51. The van der Waals surface area contributed by atoms with Gasteiger partial charge in [-0.2, -0.15) is 0 Å². The Morgan fingerprint density at radius 3 is 2.75 bits per heavy atom. The average molecular weight is 354 g/mol. The van der Waals surface area contributed by atoms with Crippen LogP contribution in [-0.4, -0.2) is 19.3 Å². The summed E-state index contributed by atoms with van der Waals surface area (Å²) < 4.78 is 6.65. The Bertz CT molecular complexity index is 633. The van der Waals surface area contributed by atoms with E-state index in [0.29, 0.717) is 5.02 Å². The Labute approximate surface area is 131 Å². The topological polar surface area (TPSA) is 28.7 Å². The summed E-state index contributed by atoms with van der Waals surface area (Å²) in [6.45, 7) is 2.15. The van der Waals surface area contributed by atoms with Crippen molar-refractivity contribution in [1.82, 2.24) is 0 Å².